The van der Waals surface area contributed by atoms with Crippen LogP contribution in [-0.4, -0.2) is 29.4 Å². The Bertz CT molecular complexity index is 360. The van der Waals surface area contributed by atoms with Gasteiger partial charge in [-0.15, -0.1) is 0 Å². The minimum absolute atomic E-state index is 0. The van der Waals surface area contributed by atoms with Crippen LogP contribution >= 0.6 is 0 Å². The summed E-state index contributed by atoms with van der Waals surface area (Å²) in [6.45, 7) is 4.19. The first kappa shape index (κ1) is 27.1. The molecule has 1 N–H and O–H groups in total. The van der Waals surface area contributed by atoms with E-state index in [4.69, 9.17) is 0 Å². The second-order valence-corrected chi connectivity index (χ2v) is 8.40. The second-order valence-electron chi connectivity index (χ2n) is 6.75. The van der Waals surface area contributed by atoms with Crippen molar-refractivity contribution in [3.8, 4) is 0 Å². The van der Waals surface area contributed by atoms with E-state index in [9.17, 15) is 18.1 Å². The van der Waals surface area contributed by atoms with E-state index in [0.717, 1.165) is 25.7 Å². The molecule has 0 spiro atoms. The summed E-state index contributed by atoms with van der Waals surface area (Å²) in [5.41, 5.74) is 0. The van der Waals surface area contributed by atoms with Gasteiger partial charge in [0, 0.05) is 5.25 Å². The first-order valence-electron chi connectivity index (χ1n) is 9.54. The number of aliphatic hydroxyl groups excluding tert-OH is 1. The molecule has 6 heteroatoms. The molecule has 2 atom stereocenters. The Balaban J connectivity index is 0. The van der Waals surface area contributed by atoms with Crippen LogP contribution in [0.4, 0.5) is 0 Å². The van der Waals surface area contributed by atoms with Crippen molar-refractivity contribution in [2.45, 2.75) is 115 Å². The maximum absolute atomic E-state index is 11.3. The molecule has 4 nitrogen and oxygen atoms in total. The van der Waals surface area contributed by atoms with Gasteiger partial charge in [0.1, 0.15) is 0 Å². The van der Waals surface area contributed by atoms with Crippen molar-refractivity contribution in [1.82, 2.24) is 0 Å². The molecule has 0 aromatic rings. The molecule has 0 aliphatic rings. The maximum Gasteiger partial charge on any atom is 1.00 e. The Labute approximate surface area is 172 Å². The fraction of sp³-hybridized carbons (Fsp3) is 1.00. The van der Waals surface area contributed by atoms with Gasteiger partial charge in [-0.2, -0.15) is 0 Å². The molecule has 0 saturated heterocycles. The number of rotatable bonds is 16. The van der Waals surface area contributed by atoms with E-state index in [-0.39, 0.29) is 29.6 Å². The van der Waals surface area contributed by atoms with Crippen LogP contribution in [0.3, 0.4) is 0 Å². The topological polar surface area (TPSA) is 77.4 Å². The van der Waals surface area contributed by atoms with Crippen molar-refractivity contribution >= 4 is 10.1 Å². The van der Waals surface area contributed by atoms with Crippen LogP contribution in [0.5, 0.6) is 0 Å². The molecule has 0 radical (unpaired) electrons. The van der Waals surface area contributed by atoms with Gasteiger partial charge in [-0.25, -0.2) is 8.42 Å². The Morgan fingerprint density at radius 2 is 1.25 bits per heavy atom. The Morgan fingerprint density at radius 1 is 0.750 bits per heavy atom. The summed E-state index contributed by atoms with van der Waals surface area (Å²) in [4.78, 5) is 0. The molecule has 0 aromatic carbocycles. The molecule has 2 unspecified atom stereocenters. The number of hydrogen-bond acceptors (Lipinski definition) is 4. The minimum Gasteiger partial charge on any atom is -0.748 e. The molecule has 24 heavy (non-hydrogen) atoms. The Kier molecular flexibility index (Phi) is 19.5. The summed E-state index contributed by atoms with van der Waals surface area (Å²) >= 11 is 0. The molecule has 140 valence electrons. The minimum atomic E-state index is -4.24. The van der Waals surface area contributed by atoms with Gasteiger partial charge < -0.3 is 9.66 Å². The third-order valence-corrected chi connectivity index (χ3v) is 5.77. The van der Waals surface area contributed by atoms with E-state index in [1.807, 2.05) is 6.92 Å². The summed E-state index contributed by atoms with van der Waals surface area (Å²) in [5.74, 6) is 0. The first-order chi connectivity index (χ1) is 10.9. The third kappa shape index (κ3) is 16.3. The van der Waals surface area contributed by atoms with E-state index >= 15 is 0 Å². The van der Waals surface area contributed by atoms with Gasteiger partial charge in [0.2, 0.25) is 0 Å². The SMILES string of the molecule is CCCCCCCCCCCC(CCC(O)CCC)S(=O)(=O)[O-].[Na+]. The fourth-order valence-electron chi connectivity index (χ4n) is 2.97. The van der Waals surface area contributed by atoms with E-state index in [0.29, 0.717) is 25.7 Å². The normalized spacial score (nSPS) is 14.2. The van der Waals surface area contributed by atoms with Crippen LogP contribution in [0.15, 0.2) is 0 Å². The van der Waals surface area contributed by atoms with E-state index < -0.39 is 21.5 Å². The predicted molar refractivity (Wildman–Crippen MR) is 95.5 cm³/mol. The van der Waals surface area contributed by atoms with Gasteiger partial charge in [-0.1, -0.05) is 78.1 Å². The molecular weight excluding hydrogens is 335 g/mol. The first-order valence-corrected chi connectivity index (χ1v) is 11.0. The number of unbranched alkanes of at least 4 members (excludes halogenated alkanes) is 8. The summed E-state index contributed by atoms with van der Waals surface area (Å²) in [6, 6.07) is 0. The van der Waals surface area contributed by atoms with Gasteiger partial charge in [0.25, 0.3) is 0 Å². The summed E-state index contributed by atoms with van der Waals surface area (Å²) in [6.07, 6.45) is 12.8. The fourth-order valence-corrected chi connectivity index (χ4v) is 3.85. The zero-order chi connectivity index (χ0) is 17.6. The summed E-state index contributed by atoms with van der Waals surface area (Å²) in [5, 5.41) is 8.88. The molecule has 0 aliphatic carbocycles. The van der Waals surface area contributed by atoms with Gasteiger partial charge >= 0.3 is 29.6 Å². The van der Waals surface area contributed by atoms with E-state index in [2.05, 4.69) is 6.92 Å². The monoisotopic (exact) mass is 372 g/mol. The number of aliphatic hydroxyl groups is 1. The van der Waals surface area contributed by atoms with Crippen molar-refractivity contribution in [3.05, 3.63) is 0 Å². The average Bonchev–Trinajstić information content (AvgIpc) is 2.47. The largest absolute Gasteiger partial charge is 1.00 e. The molecule has 0 aromatic heterocycles. The predicted octanol–water partition coefficient (Wildman–Crippen LogP) is 1.77. The van der Waals surface area contributed by atoms with E-state index in [1.165, 1.54) is 38.5 Å². The van der Waals surface area contributed by atoms with E-state index in [1.54, 1.807) is 0 Å². The quantitative estimate of drug-likeness (QED) is 0.254. The number of hydrogen-bond donors (Lipinski definition) is 1. The summed E-state index contributed by atoms with van der Waals surface area (Å²) in [7, 11) is -4.24. The van der Waals surface area contributed by atoms with Crippen molar-refractivity contribution in [1.29, 1.82) is 0 Å². The van der Waals surface area contributed by atoms with Gasteiger partial charge in [0.05, 0.1) is 16.2 Å². The summed E-state index contributed by atoms with van der Waals surface area (Å²) < 4.78 is 34.0. The molecule has 0 aliphatic heterocycles. The zero-order valence-corrected chi connectivity index (χ0v) is 19.0. The molecule has 0 bridgehead atoms. The smallest absolute Gasteiger partial charge is 0.748 e. The van der Waals surface area contributed by atoms with Crippen LogP contribution in [0.2, 0.25) is 0 Å². The Hall–Kier alpha value is 0.870. The maximum atomic E-state index is 11.3. The zero-order valence-electron chi connectivity index (χ0n) is 16.1. The van der Waals surface area contributed by atoms with Gasteiger partial charge in [-0.3, -0.25) is 0 Å². The molecule has 0 rings (SSSR count). The van der Waals surface area contributed by atoms with Crippen LogP contribution in [-0.2, 0) is 10.1 Å². The third-order valence-electron chi connectivity index (χ3n) is 4.48. The molecular formula is C18H37NaO4S. The van der Waals surface area contributed by atoms with Crippen LogP contribution in [0.1, 0.15) is 104 Å². The standard InChI is InChI=1S/C18H38O4S.Na/c1-3-5-6-7-8-9-10-11-12-14-18(23(20,21)22)16-15-17(19)13-4-2;/h17-19H,3-16H2,1-2H3,(H,20,21,22);/q;+1/p-1. The molecule has 0 saturated carbocycles. The van der Waals surface area contributed by atoms with Crippen molar-refractivity contribution in [2.24, 2.45) is 0 Å². The second kappa shape index (κ2) is 17.3. The van der Waals surface area contributed by atoms with Gasteiger partial charge in [-0.05, 0) is 25.7 Å². The van der Waals surface area contributed by atoms with Gasteiger partial charge in [0.15, 0.2) is 0 Å². The molecule has 0 heterocycles. The molecule has 0 amide bonds. The average molecular weight is 373 g/mol. The van der Waals surface area contributed by atoms with Crippen LogP contribution < -0.4 is 29.6 Å². The van der Waals surface area contributed by atoms with Crippen LogP contribution in [0.25, 0.3) is 0 Å². The van der Waals surface area contributed by atoms with Crippen molar-refractivity contribution in [3.63, 3.8) is 0 Å². The van der Waals surface area contributed by atoms with Crippen molar-refractivity contribution < 1.29 is 47.6 Å². The molecule has 0 fully saturated rings. The van der Waals surface area contributed by atoms with Crippen molar-refractivity contribution in [2.75, 3.05) is 0 Å². The Morgan fingerprint density at radius 3 is 1.71 bits per heavy atom. The van der Waals surface area contributed by atoms with Crippen LogP contribution in [0, 0.1) is 0 Å².